The number of hydrogen-bond donors (Lipinski definition) is 1. The van der Waals surface area contributed by atoms with Gasteiger partial charge in [0.1, 0.15) is 17.4 Å². The summed E-state index contributed by atoms with van der Waals surface area (Å²) in [6.07, 6.45) is 0. The van der Waals surface area contributed by atoms with E-state index in [0.717, 1.165) is 17.7 Å². The Morgan fingerprint density at radius 3 is 2.38 bits per heavy atom. The molecule has 0 spiro atoms. The molecule has 2 rings (SSSR count). The van der Waals surface area contributed by atoms with Gasteiger partial charge >= 0.3 is 6.61 Å². The second-order valence-corrected chi connectivity index (χ2v) is 5.73. The smallest absolute Gasteiger partial charge is 0.387 e. The van der Waals surface area contributed by atoms with Crippen molar-refractivity contribution in [2.24, 2.45) is 0 Å². The fourth-order valence-electron chi connectivity index (χ4n) is 2.23. The van der Waals surface area contributed by atoms with Gasteiger partial charge < -0.3 is 10.1 Å². The molecule has 4 nitrogen and oxygen atoms in total. The number of carbonyl (C=O) groups excluding carboxylic acids is 1. The third kappa shape index (κ3) is 5.45. The molecular formula is C18H18F4N2O2. The number of amides is 1. The van der Waals surface area contributed by atoms with E-state index in [2.05, 4.69) is 10.1 Å². The average Bonchev–Trinajstić information content (AvgIpc) is 2.57. The van der Waals surface area contributed by atoms with Gasteiger partial charge in [0.15, 0.2) is 0 Å². The number of nitrogens with one attached hydrogen (secondary N) is 1. The monoisotopic (exact) mass is 370 g/mol. The van der Waals surface area contributed by atoms with Gasteiger partial charge in [0.2, 0.25) is 5.91 Å². The summed E-state index contributed by atoms with van der Waals surface area (Å²) >= 11 is 0. The van der Waals surface area contributed by atoms with Gasteiger partial charge in [-0.15, -0.1) is 0 Å². The van der Waals surface area contributed by atoms with E-state index in [1.807, 2.05) is 0 Å². The Morgan fingerprint density at radius 2 is 1.81 bits per heavy atom. The van der Waals surface area contributed by atoms with Crippen LogP contribution in [-0.2, 0) is 11.3 Å². The first kappa shape index (κ1) is 19.7. The molecule has 0 aliphatic carbocycles. The first-order valence-corrected chi connectivity index (χ1v) is 7.76. The number of benzene rings is 2. The van der Waals surface area contributed by atoms with Crippen LogP contribution in [0.1, 0.15) is 12.5 Å². The molecule has 2 aromatic rings. The minimum atomic E-state index is -2.89. The number of nitrogens with zero attached hydrogens (tertiary/aromatic N) is 1. The van der Waals surface area contributed by atoms with Crippen LogP contribution in [0.5, 0.6) is 5.75 Å². The van der Waals surface area contributed by atoms with Gasteiger partial charge in [-0.05, 0) is 43.8 Å². The van der Waals surface area contributed by atoms with E-state index < -0.39 is 30.2 Å². The number of rotatable bonds is 7. The van der Waals surface area contributed by atoms with E-state index in [9.17, 15) is 22.4 Å². The van der Waals surface area contributed by atoms with E-state index >= 15 is 0 Å². The Balaban J connectivity index is 1.95. The molecule has 1 atom stereocenters. The Bertz CT molecular complexity index is 753. The molecule has 1 N–H and O–H groups in total. The Morgan fingerprint density at radius 1 is 1.15 bits per heavy atom. The third-order valence-corrected chi connectivity index (χ3v) is 3.81. The lowest BCUT2D eigenvalue weighted by atomic mass is 10.1. The van der Waals surface area contributed by atoms with Crippen LogP contribution in [0, 0.1) is 11.6 Å². The van der Waals surface area contributed by atoms with Gasteiger partial charge in [-0.2, -0.15) is 8.78 Å². The second kappa shape index (κ2) is 8.66. The molecule has 0 fully saturated rings. The highest BCUT2D eigenvalue weighted by atomic mass is 19.3. The van der Waals surface area contributed by atoms with Crippen molar-refractivity contribution >= 4 is 11.6 Å². The first-order chi connectivity index (χ1) is 12.3. The molecule has 8 heteroatoms. The molecular weight excluding hydrogens is 352 g/mol. The van der Waals surface area contributed by atoms with Crippen molar-refractivity contribution in [3.05, 3.63) is 59.7 Å². The van der Waals surface area contributed by atoms with Crippen molar-refractivity contribution in [3.63, 3.8) is 0 Å². The maximum atomic E-state index is 13.6. The predicted octanol–water partition coefficient (Wildman–Crippen LogP) is 4.03. The van der Waals surface area contributed by atoms with Crippen molar-refractivity contribution in [3.8, 4) is 5.75 Å². The lowest BCUT2D eigenvalue weighted by Gasteiger charge is -2.24. The van der Waals surface area contributed by atoms with Gasteiger partial charge in [0.05, 0.1) is 11.7 Å². The maximum absolute atomic E-state index is 13.6. The molecule has 26 heavy (non-hydrogen) atoms. The van der Waals surface area contributed by atoms with Crippen LogP contribution in [0.2, 0.25) is 0 Å². The van der Waals surface area contributed by atoms with E-state index in [4.69, 9.17) is 0 Å². The highest BCUT2D eigenvalue weighted by Gasteiger charge is 2.19. The fourth-order valence-corrected chi connectivity index (χ4v) is 2.23. The first-order valence-electron chi connectivity index (χ1n) is 7.76. The normalized spacial score (nSPS) is 12.3. The Hall–Kier alpha value is -2.61. The van der Waals surface area contributed by atoms with Crippen LogP contribution in [0.25, 0.3) is 0 Å². The summed E-state index contributed by atoms with van der Waals surface area (Å²) in [5.74, 6) is -2.01. The van der Waals surface area contributed by atoms with Crippen LogP contribution in [-0.4, -0.2) is 30.5 Å². The van der Waals surface area contributed by atoms with E-state index in [-0.39, 0.29) is 11.4 Å². The van der Waals surface area contributed by atoms with E-state index in [1.165, 1.54) is 12.1 Å². The van der Waals surface area contributed by atoms with E-state index in [0.29, 0.717) is 12.6 Å². The van der Waals surface area contributed by atoms with Crippen LogP contribution < -0.4 is 10.1 Å². The van der Waals surface area contributed by atoms with Crippen molar-refractivity contribution in [1.82, 2.24) is 4.90 Å². The molecule has 2 aromatic carbocycles. The molecule has 140 valence electrons. The van der Waals surface area contributed by atoms with Crippen LogP contribution in [0.3, 0.4) is 0 Å². The summed E-state index contributed by atoms with van der Waals surface area (Å²) in [6, 6.07) is 8.32. The number of anilines is 1. The molecule has 0 heterocycles. The summed E-state index contributed by atoms with van der Waals surface area (Å²) in [6.45, 7) is -0.903. The zero-order valence-electron chi connectivity index (χ0n) is 14.2. The molecule has 0 radical (unpaired) electrons. The summed E-state index contributed by atoms with van der Waals surface area (Å²) in [5, 5.41) is 2.41. The van der Waals surface area contributed by atoms with Gasteiger partial charge in [-0.1, -0.05) is 12.1 Å². The molecule has 1 amide bonds. The minimum absolute atomic E-state index is 0.0454. The largest absolute Gasteiger partial charge is 0.435 e. The SMILES string of the molecule is CC(C(=O)Nc1ccc(F)cc1F)N(C)Cc1ccc(OC(F)F)cc1. The topological polar surface area (TPSA) is 41.6 Å². The number of carbonyl (C=O) groups is 1. The number of likely N-dealkylation sites (N-methyl/N-ethyl adjacent to an activating group) is 1. The fraction of sp³-hybridized carbons (Fsp3) is 0.278. The molecule has 0 aromatic heterocycles. The third-order valence-electron chi connectivity index (χ3n) is 3.81. The quantitative estimate of drug-likeness (QED) is 0.749. The average molecular weight is 370 g/mol. The van der Waals surface area contributed by atoms with Gasteiger partial charge in [-0.3, -0.25) is 9.69 Å². The van der Waals surface area contributed by atoms with Crippen molar-refractivity contribution in [2.45, 2.75) is 26.1 Å². The van der Waals surface area contributed by atoms with Crippen LogP contribution >= 0.6 is 0 Å². The maximum Gasteiger partial charge on any atom is 0.387 e. The lowest BCUT2D eigenvalue weighted by molar-refractivity contribution is -0.120. The molecule has 1 unspecified atom stereocenters. The van der Waals surface area contributed by atoms with Crippen molar-refractivity contribution < 1.29 is 27.1 Å². The number of halogens is 4. The van der Waals surface area contributed by atoms with Crippen LogP contribution in [0.4, 0.5) is 23.2 Å². The highest BCUT2D eigenvalue weighted by molar-refractivity contribution is 5.94. The molecule has 0 saturated heterocycles. The zero-order chi connectivity index (χ0) is 19.3. The standard InChI is InChI=1S/C18H18F4N2O2/c1-11(17(25)23-16-8-5-13(19)9-15(16)20)24(2)10-12-3-6-14(7-4-12)26-18(21)22/h3-9,11,18H,10H2,1-2H3,(H,23,25). The van der Waals surface area contributed by atoms with E-state index in [1.54, 1.807) is 31.0 Å². The Labute approximate surface area is 148 Å². The summed E-state index contributed by atoms with van der Waals surface area (Å²) < 4.78 is 55.1. The predicted molar refractivity (Wildman–Crippen MR) is 89.0 cm³/mol. The van der Waals surface area contributed by atoms with Gasteiger partial charge in [0, 0.05) is 12.6 Å². The van der Waals surface area contributed by atoms with Crippen LogP contribution in [0.15, 0.2) is 42.5 Å². The number of alkyl halides is 2. The zero-order valence-corrected chi connectivity index (χ0v) is 14.2. The molecule has 0 aliphatic rings. The van der Waals surface area contributed by atoms with Crippen molar-refractivity contribution in [1.29, 1.82) is 0 Å². The number of ether oxygens (including phenoxy) is 1. The highest BCUT2D eigenvalue weighted by Crippen LogP contribution is 2.18. The van der Waals surface area contributed by atoms with Crippen molar-refractivity contribution in [2.75, 3.05) is 12.4 Å². The summed E-state index contributed by atoms with van der Waals surface area (Å²) in [4.78, 5) is 13.9. The lowest BCUT2D eigenvalue weighted by Crippen LogP contribution is -2.39. The Kier molecular flexibility index (Phi) is 6.57. The summed E-state index contributed by atoms with van der Waals surface area (Å²) in [7, 11) is 1.69. The summed E-state index contributed by atoms with van der Waals surface area (Å²) in [5.41, 5.74) is 0.673. The molecule has 0 bridgehead atoms. The van der Waals surface area contributed by atoms with Gasteiger partial charge in [0.25, 0.3) is 0 Å². The minimum Gasteiger partial charge on any atom is -0.435 e. The van der Waals surface area contributed by atoms with Gasteiger partial charge in [-0.25, -0.2) is 8.78 Å². The second-order valence-electron chi connectivity index (χ2n) is 5.73. The molecule has 0 saturated carbocycles. The number of hydrogen-bond acceptors (Lipinski definition) is 3. The molecule has 0 aliphatic heterocycles.